The van der Waals surface area contributed by atoms with Gasteiger partial charge in [0.05, 0.1) is 6.42 Å². The van der Waals surface area contributed by atoms with Crippen LogP contribution in [-0.2, 0) is 9.47 Å². The van der Waals surface area contributed by atoms with Crippen molar-refractivity contribution in [2.75, 3.05) is 6.61 Å². The number of hydrogen-bond donors (Lipinski definition) is 0. The van der Waals surface area contributed by atoms with Gasteiger partial charge in [-0.3, -0.25) is 0 Å². The van der Waals surface area contributed by atoms with Crippen LogP contribution in [0.4, 0.5) is 26.7 Å². The Morgan fingerprint density at radius 2 is 1.86 bits per heavy atom. The molecule has 0 aromatic heterocycles. The van der Waals surface area contributed by atoms with Crippen LogP contribution in [0.1, 0.15) is 6.42 Å². The van der Waals surface area contributed by atoms with Crippen LogP contribution < -0.4 is 0 Å². The van der Waals surface area contributed by atoms with Gasteiger partial charge >= 0.3 is 18.3 Å². The molecule has 1 heterocycles. The molecule has 1 aliphatic rings. The molecule has 0 aliphatic carbocycles. The number of alkyl halides is 5. The van der Waals surface area contributed by atoms with Crippen molar-refractivity contribution < 1.29 is 36.2 Å². The van der Waals surface area contributed by atoms with E-state index >= 15 is 0 Å². The highest BCUT2D eigenvalue weighted by molar-refractivity contribution is 5.61. The van der Waals surface area contributed by atoms with E-state index in [1.165, 1.54) is 0 Å². The minimum absolute atomic E-state index is 0.579. The van der Waals surface area contributed by atoms with E-state index in [0.717, 1.165) is 0 Å². The number of cyclic esters (lactones) is 2. The van der Waals surface area contributed by atoms with Crippen molar-refractivity contribution in [3.8, 4) is 0 Å². The maximum absolute atomic E-state index is 12.3. The normalized spacial score (nSPS) is 23.2. The summed E-state index contributed by atoms with van der Waals surface area (Å²) in [6.45, 7) is -0.579. The first-order chi connectivity index (χ1) is 6.22. The minimum Gasteiger partial charge on any atom is -0.430 e. The molecule has 1 saturated heterocycles. The number of carbonyl (C=O) groups is 1. The first kappa shape index (κ1) is 11.0. The standard InChI is InChI=1S/C6H5F5O3/c7-5(8,6(9,10)11)1-3-2-13-4(12)14-3/h3H,1-2H2/t3-/m0/s1. The minimum atomic E-state index is -5.64. The van der Waals surface area contributed by atoms with Crippen LogP contribution in [0, 0.1) is 0 Å². The molecule has 0 aromatic carbocycles. The molecule has 0 aromatic rings. The summed E-state index contributed by atoms with van der Waals surface area (Å²) in [6, 6.07) is 0. The van der Waals surface area contributed by atoms with E-state index < -0.39 is 37.4 Å². The van der Waals surface area contributed by atoms with Crippen molar-refractivity contribution in [1.29, 1.82) is 0 Å². The third-order valence-corrected chi connectivity index (χ3v) is 1.55. The third kappa shape index (κ3) is 2.24. The first-order valence-corrected chi connectivity index (χ1v) is 3.50. The van der Waals surface area contributed by atoms with Crippen LogP contribution in [0.5, 0.6) is 0 Å². The first-order valence-electron chi connectivity index (χ1n) is 3.50. The fourth-order valence-corrected chi connectivity index (χ4v) is 0.867. The summed E-state index contributed by atoms with van der Waals surface area (Å²) >= 11 is 0. The van der Waals surface area contributed by atoms with Gasteiger partial charge in [0.15, 0.2) is 0 Å². The van der Waals surface area contributed by atoms with E-state index in [1.54, 1.807) is 0 Å². The van der Waals surface area contributed by atoms with E-state index in [2.05, 4.69) is 9.47 Å². The Hall–Kier alpha value is -1.08. The van der Waals surface area contributed by atoms with Gasteiger partial charge in [-0.05, 0) is 0 Å². The Kier molecular flexibility index (Phi) is 2.55. The second kappa shape index (κ2) is 3.25. The molecule has 14 heavy (non-hydrogen) atoms. The summed E-state index contributed by atoms with van der Waals surface area (Å²) in [6.07, 6.45) is -10.0. The molecule has 0 bridgehead atoms. The average molecular weight is 220 g/mol. The van der Waals surface area contributed by atoms with Crippen LogP contribution >= 0.6 is 0 Å². The van der Waals surface area contributed by atoms with Crippen LogP contribution in [-0.4, -0.2) is 31.0 Å². The van der Waals surface area contributed by atoms with Gasteiger partial charge in [0.2, 0.25) is 0 Å². The molecule has 1 rings (SSSR count). The summed E-state index contributed by atoms with van der Waals surface area (Å²) in [4.78, 5) is 10.2. The van der Waals surface area contributed by atoms with Gasteiger partial charge in [0.25, 0.3) is 0 Å². The summed E-state index contributed by atoms with van der Waals surface area (Å²) in [5.74, 6) is -4.87. The zero-order valence-corrected chi connectivity index (χ0v) is 6.61. The lowest BCUT2D eigenvalue weighted by molar-refractivity contribution is -0.289. The summed E-state index contributed by atoms with van der Waals surface area (Å²) in [7, 11) is 0. The molecular formula is C6H5F5O3. The van der Waals surface area contributed by atoms with Crippen LogP contribution in [0.15, 0.2) is 0 Å². The monoisotopic (exact) mass is 220 g/mol. The number of halogens is 5. The predicted octanol–water partition coefficient (Wildman–Crippen LogP) is 2.11. The molecule has 1 fully saturated rings. The van der Waals surface area contributed by atoms with Gasteiger partial charge in [0, 0.05) is 0 Å². The van der Waals surface area contributed by atoms with E-state index in [-0.39, 0.29) is 0 Å². The maximum atomic E-state index is 12.3. The molecule has 1 atom stereocenters. The van der Waals surface area contributed by atoms with Crippen molar-refractivity contribution in [3.05, 3.63) is 0 Å². The van der Waals surface area contributed by atoms with Gasteiger partial charge in [-0.25, -0.2) is 4.79 Å². The number of hydrogen-bond acceptors (Lipinski definition) is 3. The molecule has 0 N–H and O–H groups in total. The second-order valence-electron chi connectivity index (χ2n) is 2.71. The molecule has 3 nitrogen and oxygen atoms in total. The van der Waals surface area contributed by atoms with Gasteiger partial charge in [0.1, 0.15) is 12.7 Å². The lowest BCUT2D eigenvalue weighted by Crippen LogP contribution is -2.40. The molecule has 0 amide bonds. The summed E-state index contributed by atoms with van der Waals surface area (Å²) in [5, 5.41) is 0. The van der Waals surface area contributed by atoms with Gasteiger partial charge in [-0.1, -0.05) is 0 Å². The fraction of sp³-hybridized carbons (Fsp3) is 0.833. The Morgan fingerprint density at radius 1 is 1.29 bits per heavy atom. The van der Waals surface area contributed by atoms with E-state index in [1.807, 2.05) is 0 Å². The zero-order chi connectivity index (χ0) is 11.0. The maximum Gasteiger partial charge on any atom is 0.508 e. The van der Waals surface area contributed by atoms with Crippen LogP contribution in [0.2, 0.25) is 0 Å². The highest BCUT2D eigenvalue weighted by atomic mass is 19.4. The van der Waals surface area contributed by atoms with Crippen molar-refractivity contribution >= 4 is 6.16 Å². The summed E-state index contributed by atoms with van der Waals surface area (Å²) < 4.78 is 67.7. The van der Waals surface area contributed by atoms with Crippen molar-refractivity contribution in [1.82, 2.24) is 0 Å². The second-order valence-corrected chi connectivity index (χ2v) is 2.71. The largest absolute Gasteiger partial charge is 0.508 e. The average Bonchev–Trinajstić information content (AvgIpc) is 2.31. The Balaban J connectivity index is 2.55. The molecule has 0 radical (unpaired) electrons. The highest BCUT2D eigenvalue weighted by Gasteiger charge is 2.59. The van der Waals surface area contributed by atoms with Gasteiger partial charge < -0.3 is 9.47 Å². The quantitative estimate of drug-likeness (QED) is 0.528. The van der Waals surface area contributed by atoms with Crippen molar-refractivity contribution in [2.45, 2.75) is 24.6 Å². The van der Waals surface area contributed by atoms with E-state index in [0.29, 0.717) is 0 Å². The third-order valence-electron chi connectivity index (χ3n) is 1.55. The van der Waals surface area contributed by atoms with Crippen molar-refractivity contribution in [3.63, 3.8) is 0 Å². The predicted molar refractivity (Wildman–Crippen MR) is 31.8 cm³/mol. The molecule has 82 valence electrons. The smallest absolute Gasteiger partial charge is 0.430 e. The topological polar surface area (TPSA) is 35.5 Å². The SMILES string of the molecule is O=C1OC[C@H](CC(F)(F)C(F)(F)F)O1. The van der Waals surface area contributed by atoms with Crippen LogP contribution in [0.3, 0.4) is 0 Å². The molecular weight excluding hydrogens is 215 g/mol. The molecule has 1 aliphatic heterocycles. The number of rotatable bonds is 2. The molecule has 8 heteroatoms. The molecule has 0 spiro atoms. The zero-order valence-electron chi connectivity index (χ0n) is 6.61. The number of ether oxygens (including phenoxy) is 2. The highest BCUT2D eigenvalue weighted by Crippen LogP contribution is 2.39. The van der Waals surface area contributed by atoms with E-state index in [4.69, 9.17) is 0 Å². The van der Waals surface area contributed by atoms with E-state index in [9.17, 15) is 26.7 Å². The Labute approximate surface area is 74.8 Å². The fourth-order valence-electron chi connectivity index (χ4n) is 0.867. The Morgan fingerprint density at radius 3 is 2.21 bits per heavy atom. The number of carbonyl (C=O) groups excluding carboxylic acids is 1. The lowest BCUT2D eigenvalue weighted by Gasteiger charge is -2.20. The van der Waals surface area contributed by atoms with Crippen molar-refractivity contribution in [2.24, 2.45) is 0 Å². The van der Waals surface area contributed by atoms with Gasteiger partial charge in [-0.15, -0.1) is 0 Å². The Bertz CT molecular complexity index is 236. The summed E-state index contributed by atoms with van der Waals surface area (Å²) in [5.41, 5.74) is 0. The molecule has 0 unspecified atom stereocenters. The van der Waals surface area contributed by atoms with Gasteiger partial charge in [-0.2, -0.15) is 22.0 Å². The molecule has 0 saturated carbocycles. The lowest BCUT2D eigenvalue weighted by atomic mass is 10.1. The van der Waals surface area contributed by atoms with Crippen LogP contribution in [0.25, 0.3) is 0 Å².